The number of carbonyl (C=O) groups is 1. The van der Waals surface area contributed by atoms with Crippen LogP contribution in [0.3, 0.4) is 0 Å². The van der Waals surface area contributed by atoms with E-state index in [1.54, 1.807) is 11.1 Å². The molecule has 38 heavy (non-hydrogen) atoms. The highest BCUT2D eigenvalue weighted by atomic mass is 16.2. The Hall–Kier alpha value is -3.45. The lowest BCUT2D eigenvalue weighted by atomic mass is 9.88. The van der Waals surface area contributed by atoms with Gasteiger partial charge in [0.15, 0.2) is 0 Å². The first-order chi connectivity index (χ1) is 18.4. The second-order valence-electron chi connectivity index (χ2n) is 8.72. The summed E-state index contributed by atoms with van der Waals surface area (Å²) < 4.78 is 0. The molecule has 2 amide bonds. The van der Waals surface area contributed by atoms with Gasteiger partial charge in [-0.3, -0.25) is 0 Å². The highest BCUT2D eigenvalue weighted by Gasteiger charge is 2.18. The number of hydrogen-bond donors (Lipinski definition) is 4. The first kappa shape index (κ1) is 34.6. The van der Waals surface area contributed by atoms with Gasteiger partial charge >= 0.3 is 6.03 Å². The SMILES string of the molecule is CC.CC1CCC1.CCC#N.CCCN(C)C(=O)N1CCNCC1.N=C/C(=C\N)c1ncnc2[nH]ccc12.[HH]. The minimum atomic E-state index is 0. The maximum absolute atomic E-state index is 11.7. The minimum absolute atomic E-state index is 0. The summed E-state index contributed by atoms with van der Waals surface area (Å²) in [6, 6.07) is 3.96. The number of allylic oxidation sites excluding steroid dienone is 1. The van der Waals surface area contributed by atoms with Crippen LogP contribution in [0.1, 0.15) is 73.8 Å². The predicted molar refractivity (Wildman–Crippen MR) is 160 cm³/mol. The molecule has 2 aliphatic rings. The Labute approximate surface area is 230 Å². The van der Waals surface area contributed by atoms with Gasteiger partial charge in [-0.15, -0.1) is 0 Å². The number of carbonyl (C=O) groups excluding carboxylic acids is 1. The number of aromatic nitrogens is 3. The lowest BCUT2D eigenvalue weighted by molar-refractivity contribution is 0.156. The summed E-state index contributed by atoms with van der Waals surface area (Å²) in [6.45, 7) is 14.6. The minimum Gasteiger partial charge on any atom is -0.404 e. The molecule has 10 heteroatoms. The summed E-state index contributed by atoms with van der Waals surface area (Å²) in [4.78, 5) is 26.5. The molecule has 2 fully saturated rings. The Morgan fingerprint density at radius 1 is 1.32 bits per heavy atom. The monoisotopic (exact) mass is 529 g/mol. The fraction of sp³-hybridized carbons (Fsp3) is 0.607. The average Bonchev–Trinajstić information content (AvgIpc) is 3.44. The maximum Gasteiger partial charge on any atom is 0.319 e. The molecule has 1 aliphatic carbocycles. The quantitative estimate of drug-likeness (QED) is 0.397. The number of urea groups is 1. The van der Waals surface area contributed by atoms with Crippen molar-refractivity contribution in [1.82, 2.24) is 30.1 Å². The normalized spacial score (nSPS) is 14.3. The first-order valence-corrected chi connectivity index (χ1v) is 13.7. The number of fused-ring (bicyclic) bond motifs is 1. The average molecular weight is 530 g/mol. The van der Waals surface area contributed by atoms with Crippen molar-refractivity contribution in [2.24, 2.45) is 11.7 Å². The van der Waals surface area contributed by atoms with Gasteiger partial charge in [0, 0.05) is 77.2 Å². The standard InChI is InChI=1S/C9H9N5.C9H19N3O.C5H10.C3H5N.C2H6.H2/c10-3-6(4-11)8-7-1-2-12-9(7)14-5-13-8;1-3-6-11(2)9(13)12-7-4-10-5-8-12;1-5-3-2-4-5;1-2-3-4;1-2;/h1-5,10H,11H2,(H,12,13,14);10H,3-8H2,1-2H3;5H,2-4H2,1H3;2H2,1H3;1-2H3;1H/b6-4+,10-3?;;;;;. The van der Waals surface area contributed by atoms with Crippen LogP contribution in [0.5, 0.6) is 0 Å². The van der Waals surface area contributed by atoms with Crippen molar-refractivity contribution in [2.75, 3.05) is 39.8 Å². The Morgan fingerprint density at radius 3 is 2.37 bits per heavy atom. The Kier molecular flexibility index (Phi) is 19.7. The lowest BCUT2D eigenvalue weighted by Crippen LogP contribution is -2.50. The van der Waals surface area contributed by atoms with E-state index in [4.69, 9.17) is 16.4 Å². The third-order valence-electron chi connectivity index (χ3n) is 5.79. The molecule has 3 heterocycles. The second kappa shape index (κ2) is 21.6. The van der Waals surface area contributed by atoms with Gasteiger partial charge in [-0.25, -0.2) is 14.8 Å². The van der Waals surface area contributed by atoms with Gasteiger partial charge in [-0.05, 0) is 18.4 Å². The van der Waals surface area contributed by atoms with Crippen LogP contribution in [0.4, 0.5) is 4.79 Å². The van der Waals surface area contributed by atoms with E-state index in [9.17, 15) is 4.79 Å². The molecule has 2 aromatic rings. The number of nitrogens with two attached hydrogens (primary N) is 1. The molecule has 1 aliphatic heterocycles. The molecular formula is C28H51N9O. The fourth-order valence-electron chi connectivity index (χ4n) is 3.44. The molecule has 0 unspecified atom stereocenters. The van der Waals surface area contributed by atoms with Crippen LogP contribution in [0, 0.1) is 22.7 Å². The van der Waals surface area contributed by atoms with Crippen molar-refractivity contribution in [3.63, 3.8) is 0 Å². The smallest absolute Gasteiger partial charge is 0.319 e. The number of piperazine rings is 1. The van der Waals surface area contributed by atoms with Crippen molar-refractivity contribution >= 4 is 28.9 Å². The van der Waals surface area contributed by atoms with Crippen molar-refractivity contribution < 1.29 is 6.22 Å². The van der Waals surface area contributed by atoms with Crippen molar-refractivity contribution in [1.29, 1.82) is 10.7 Å². The molecule has 2 aromatic heterocycles. The number of hydrogen-bond acceptors (Lipinski definition) is 7. The Bertz CT molecular complexity index is 977. The van der Waals surface area contributed by atoms with Crippen LogP contribution in [0.15, 0.2) is 24.8 Å². The Morgan fingerprint density at radius 2 is 1.92 bits per heavy atom. The van der Waals surface area contributed by atoms with Crippen LogP contribution < -0.4 is 11.1 Å². The number of rotatable bonds is 4. The van der Waals surface area contributed by atoms with E-state index < -0.39 is 0 Å². The zero-order valence-corrected chi connectivity index (χ0v) is 24.3. The van der Waals surface area contributed by atoms with E-state index in [2.05, 4.69) is 34.1 Å². The molecule has 0 atom stereocenters. The predicted octanol–water partition coefficient (Wildman–Crippen LogP) is 5.26. The molecule has 0 radical (unpaired) electrons. The third-order valence-corrected chi connectivity index (χ3v) is 5.79. The van der Waals surface area contributed by atoms with Crippen molar-refractivity contribution in [3.05, 3.63) is 30.5 Å². The first-order valence-electron chi connectivity index (χ1n) is 13.7. The molecular weight excluding hydrogens is 478 g/mol. The van der Waals surface area contributed by atoms with Gasteiger partial charge in [-0.1, -0.05) is 53.9 Å². The summed E-state index contributed by atoms with van der Waals surface area (Å²) in [7, 11) is 1.87. The molecule has 10 nitrogen and oxygen atoms in total. The summed E-state index contributed by atoms with van der Waals surface area (Å²) in [5, 5.41) is 18.9. The highest BCUT2D eigenvalue weighted by Crippen LogP contribution is 2.24. The van der Waals surface area contributed by atoms with Crippen LogP contribution in [-0.4, -0.2) is 76.8 Å². The molecule has 4 rings (SSSR count). The van der Waals surface area contributed by atoms with E-state index in [1.165, 1.54) is 38.0 Å². The van der Waals surface area contributed by atoms with Gasteiger partial charge in [0.1, 0.15) is 12.0 Å². The summed E-state index contributed by atoms with van der Waals surface area (Å²) >= 11 is 0. The van der Waals surface area contributed by atoms with Crippen LogP contribution >= 0.6 is 0 Å². The van der Waals surface area contributed by atoms with Crippen molar-refractivity contribution in [3.8, 4) is 6.07 Å². The lowest BCUT2D eigenvalue weighted by Gasteiger charge is -2.31. The molecule has 1 saturated carbocycles. The van der Waals surface area contributed by atoms with Crippen LogP contribution in [0.25, 0.3) is 16.6 Å². The second-order valence-corrected chi connectivity index (χ2v) is 8.72. The summed E-state index contributed by atoms with van der Waals surface area (Å²) in [6.07, 6.45) is 11.9. The van der Waals surface area contributed by atoms with Gasteiger partial charge in [0.2, 0.25) is 0 Å². The van der Waals surface area contributed by atoms with E-state index in [-0.39, 0.29) is 7.46 Å². The summed E-state index contributed by atoms with van der Waals surface area (Å²) in [5.41, 5.74) is 7.39. The van der Waals surface area contributed by atoms with Gasteiger partial charge in [0.05, 0.1) is 11.8 Å². The number of aromatic amines is 1. The summed E-state index contributed by atoms with van der Waals surface area (Å²) in [5.74, 6) is 1.06. The molecule has 0 spiro atoms. The molecule has 0 aromatic carbocycles. The van der Waals surface area contributed by atoms with Gasteiger partial charge < -0.3 is 31.2 Å². The van der Waals surface area contributed by atoms with Crippen LogP contribution in [0.2, 0.25) is 0 Å². The van der Waals surface area contributed by atoms with Gasteiger partial charge in [0.25, 0.3) is 0 Å². The zero-order valence-electron chi connectivity index (χ0n) is 24.3. The van der Waals surface area contributed by atoms with E-state index in [0.29, 0.717) is 17.7 Å². The molecule has 0 bridgehead atoms. The number of nitrogens with zero attached hydrogens (tertiary/aromatic N) is 5. The third kappa shape index (κ3) is 12.7. The topological polar surface area (TPSA) is 151 Å². The van der Waals surface area contributed by atoms with Gasteiger partial charge in [-0.2, -0.15) is 5.26 Å². The highest BCUT2D eigenvalue weighted by molar-refractivity contribution is 6.11. The molecule has 5 N–H and O–H groups in total. The Balaban J connectivity index is 0. The van der Waals surface area contributed by atoms with E-state index in [0.717, 1.165) is 56.1 Å². The zero-order chi connectivity index (χ0) is 28.8. The maximum atomic E-state index is 11.7. The number of H-pyrrole nitrogens is 1. The van der Waals surface area contributed by atoms with E-state index >= 15 is 0 Å². The van der Waals surface area contributed by atoms with Crippen molar-refractivity contribution in [2.45, 2.75) is 66.7 Å². The number of nitriles is 1. The number of amides is 2. The number of nitrogens with one attached hydrogen (secondary N) is 3. The van der Waals surface area contributed by atoms with Crippen LogP contribution in [-0.2, 0) is 0 Å². The largest absolute Gasteiger partial charge is 0.404 e. The van der Waals surface area contributed by atoms with E-state index in [1.807, 2.05) is 44.9 Å². The molecule has 1 saturated heterocycles. The molecule has 214 valence electrons. The fourth-order valence-corrected chi connectivity index (χ4v) is 3.44.